The third kappa shape index (κ3) is 5.55. The van der Waals surface area contributed by atoms with Crippen LogP contribution in [0.1, 0.15) is 21.5 Å². The van der Waals surface area contributed by atoms with Gasteiger partial charge in [0.05, 0.1) is 18.4 Å². The number of rotatable bonds is 6. The van der Waals surface area contributed by atoms with E-state index in [4.69, 9.17) is 4.74 Å². The number of anilines is 3. The number of pyridine rings is 1. The van der Waals surface area contributed by atoms with Crippen molar-refractivity contribution in [3.8, 4) is 17.0 Å². The second-order valence-electron chi connectivity index (χ2n) is 7.55. The van der Waals surface area contributed by atoms with Crippen LogP contribution in [0.3, 0.4) is 0 Å². The number of aromatic nitrogens is 3. The van der Waals surface area contributed by atoms with Crippen LogP contribution >= 0.6 is 0 Å². The second kappa shape index (κ2) is 9.80. The van der Waals surface area contributed by atoms with E-state index in [-0.39, 0.29) is 17.0 Å². The van der Waals surface area contributed by atoms with Gasteiger partial charge in [-0.1, -0.05) is 6.07 Å². The van der Waals surface area contributed by atoms with E-state index < -0.39 is 17.6 Å². The molecule has 4 rings (SSSR count). The Labute approximate surface area is 199 Å². The zero-order valence-corrected chi connectivity index (χ0v) is 18.7. The molecule has 0 atom stereocenters. The molecule has 2 aromatic heterocycles. The molecule has 2 aromatic carbocycles. The summed E-state index contributed by atoms with van der Waals surface area (Å²) in [7, 11) is 1.26. The fourth-order valence-electron chi connectivity index (χ4n) is 3.34. The fourth-order valence-corrected chi connectivity index (χ4v) is 3.34. The maximum Gasteiger partial charge on any atom is 0.416 e. The van der Waals surface area contributed by atoms with Crippen molar-refractivity contribution < 1.29 is 22.7 Å². The highest BCUT2D eigenvalue weighted by Crippen LogP contribution is 2.34. The molecule has 0 saturated heterocycles. The molecule has 0 fully saturated rings. The van der Waals surface area contributed by atoms with E-state index in [0.717, 1.165) is 23.3 Å². The first-order valence-electron chi connectivity index (χ1n) is 10.4. The van der Waals surface area contributed by atoms with Crippen molar-refractivity contribution >= 4 is 23.1 Å². The number of amides is 1. The van der Waals surface area contributed by atoms with E-state index in [1.54, 1.807) is 42.7 Å². The summed E-state index contributed by atoms with van der Waals surface area (Å²) >= 11 is 0. The Hall–Kier alpha value is -4.47. The molecule has 4 aromatic rings. The van der Waals surface area contributed by atoms with Crippen LogP contribution in [0.15, 0.2) is 73.3 Å². The minimum Gasteiger partial charge on any atom is -0.497 e. The molecule has 0 spiro atoms. The zero-order valence-electron chi connectivity index (χ0n) is 18.7. The number of halogens is 3. The number of nitrogens with zero attached hydrogens (tertiary/aromatic N) is 3. The fraction of sp³-hybridized carbons (Fsp3) is 0.120. The smallest absolute Gasteiger partial charge is 0.416 e. The number of methoxy groups -OCH3 is 1. The average molecular weight is 479 g/mol. The van der Waals surface area contributed by atoms with Gasteiger partial charge in [-0.3, -0.25) is 4.79 Å². The van der Waals surface area contributed by atoms with Gasteiger partial charge < -0.3 is 15.4 Å². The molecular formula is C25H20F3N5O2. The third-order valence-corrected chi connectivity index (χ3v) is 5.15. The standard InChI is InChI=1S/C25H20F3N5O2/c1-15-5-6-16(24(34)32-18-11-17(25(26,27)28)12-19(13-18)35-2)10-22(15)33-23-20(4-3-8-30-23)21-7-9-29-14-31-21/h3-14H,1-2H3,(H,30,33)(H,32,34). The lowest BCUT2D eigenvalue weighted by atomic mass is 10.1. The molecule has 0 aliphatic heterocycles. The Morgan fingerprint density at radius 1 is 1.00 bits per heavy atom. The lowest BCUT2D eigenvalue weighted by Crippen LogP contribution is -2.14. The van der Waals surface area contributed by atoms with Crippen LogP contribution in [-0.4, -0.2) is 28.0 Å². The van der Waals surface area contributed by atoms with Gasteiger partial charge in [0, 0.05) is 41.0 Å². The van der Waals surface area contributed by atoms with Gasteiger partial charge in [0.15, 0.2) is 0 Å². The predicted octanol–water partition coefficient (Wildman–Crippen LogP) is 5.87. The van der Waals surface area contributed by atoms with E-state index in [2.05, 4.69) is 25.6 Å². The van der Waals surface area contributed by atoms with Crippen molar-refractivity contribution in [3.05, 3.63) is 90.0 Å². The van der Waals surface area contributed by atoms with Crippen LogP contribution in [0.25, 0.3) is 11.3 Å². The number of hydrogen-bond donors (Lipinski definition) is 2. The Balaban J connectivity index is 1.61. The van der Waals surface area contributed by atoms with Crippen LogP contribution in [0.4, 0.5) is 30.4 Å². The lowest BCUT2D eigenvalue weighted by molar-refractivity contribution is -0.137. The summed E-state index contributed by atoms with van der Waals surface area (Å²) in [6, 6.07) is 13.4. The molecule has 2 heterocycles. The van der Waals surface area contributed by atoms with Crippen LogP contribution < -0.4 is 15.4 Å². The lowest BCUT2D eigenvalue weighted by Gasteiger charge is -2.15. The van der Waals surface area contributed by atoms with Crippen molar-refractivity contribution in [1.82, 2.24) is 15.0 Å². The van der Waals surface area contributed by atoms with Gasteiger partial charge in [0.1, 0.15) is 17.9 Å². The number of nitrogens with one attached hydrogen (secondary N) is 2. The van der Waals surface area contributed by atoms with Gasteiger partial charge in [-0.25, -0.2) is 15.0 Å². The normalized spacial score (nSPS) is 11.1. The van der Waals surface area contributed by atoms with E-state index in [1.807, 2.05) is 13.0 Å². The summed E-state index contributed by atoms with van der Waals surface area (Å²) in [5.41, 5.74) is 2.13. The topological polar surface area (TPSA) is 89.0 Å². The van der Waals surface area contributed by atoms with Crippen LogP contribution in [0.5, 0.6) is 5.75 Å². The summed E-state index contributed by atoms with van der Waals surface area (Å²) in [4.78, 5) is 25.5. The number of hydrogen-bond acceptors (Lipinski definition) is 6. The number of alkyl halides is 3. The molecule has 0 unspecified atom stereocenters. The molecule has 2 N–H and O–H groups in total. The molecule has 0 radical (unpaired) electrons. The highest BCUT2D eigenvalue weighted by atomic mass is 19.4. The van der Waals surface area contributed by atoms with Gasteiger partial charge in [0.25, 0.3) is 5.91 Å². The monoisotopic (exact) mass is 479 g/mol. The van der Waals surface area contributed by atoms with Crippen LogP contribution in [0, 0.1) is 6.92 Å². The summed E-state index contributed by atoms with van der Waals surface area (Å²) in [5, 5.41) is 5.74. The van der Waals surface area contributed by atoms with Crippen molar-refractivity contribution in [3.63, 3.8) is 0 Å². The third-order valence-electron chi connectivity index (χ3n) is 5.15. The quantitative estimate of drug-likeness (QED) is 0.360. The summed E-state index contributed by atoms with van der Waals surface area (Å²) in [5.74, 6) is -0.0743. The molecule has 35 heavy (non-hydrogen) atoms. The van der Waals surface area contributed by atoms with Crippen molar-refractivity contribution in [2.24, 2.45) is 0 Å². The Bertz CT molecular complexity index is 1360. The van der Waals surface area contributed by atoms with Crippen molar-refractivity contribution in [2.75, 3.05) is 17.7 Å². The van der Waals surface area contributed by atoms with Crippen molar-refractivity contribution in [1.29, 1.82) is 0 Å². The summed E-state index contributed by atoms with van der Waals surface area (Å²) in [6.07, 6.45) is 0.0994. The molecule has 0 bridgehead atoms. The number of carbonyl (C=O) groups excluding carboxylic acids is 1. The Morgan fingerprint density at radius 2 is 1.83 bits per heavy atom. The zero-order chi connectivity index (χ0) is 25.0. The van der Waals surface area contributed by atoms with Crippen LogP contribution in [-0.2, 0) is 6.18 Å². The first-order chi connectivity index (χ1) is 16.7. The number of ether oxygens (including phenoxy) is 1. The molecule has 0 aliphatic rings. The largest absolute Gasteiger partial charge is 0.497 e. The van der Waals surface area contributed by atoms with E-state index in [9.17, 15) is 18.0 Å². The maximum absolute atomic E-state index is 13.2. The molecule has 0 saturated carbocycles. The van der Waals surface area contributed by atoms with Gasteiger partial charge in [0.2, 0.25) is 0 Å². The second-order valence-corrected chi connectivity index (χ2v) is 7.55. The molecule has 0 aliphatic carbocycles. The average Bonchev–Trinajstić information content (AvgIpc) is 2.85. The van der Waals surface area contributed by atoms with Gasteiger partial charge in [-0.15, -0.1) is 0 Å². The predicted molar refractivity (Wildman–Crippen MR) is 126 cm³/mol. The maximum atomic E-state index is 13.2. The molecule has 7 nitrogen and oxygen atoms in total. The van der Waals surface area contributed by atoms with E-state index in [0.29, 0.717) is 17.2 Å². The van der Waals surface area contributed by atoms with E-state index >= 15 is 0 Å². The number of aryl methyl sites for hydroxylation is 1. The highest BCUT2D eigenvalue weighted by Gasteiger charge is 2.31. The first kappa shape index (κ1) is 23.7. The minimum atomic E-state index is -4.58. The Morgan fingerprint density at radius 3 is 2.54 bits per heavy atom. The first-order valence-corrected chi connectivity index (χ1v) is 10.4. The van der Waals surface area contributed by atoms with Gasteiger partial charge in [-0.2, -0.15) is 13.2 Å². The molecule has 178 valence electrons. The van der Waals surface area contributed by atoms with Crippen LogP contribution in [0.2, 0.25) is 0 Å². The molecule has 10 heteroatoms. The summed E-state index contributed by atoms with van der Waals surface area (Å²) < 4.78 is 44.6. The van der Waals surface area contributed by atoms with E-state index in [1.165, 1.54) is 19.5 Å². The van der Waals surface area contributed by atoms with Crippen molar-refractivity contribution in [2.45, 2.75) is 13.1 Å². The molecule has 1 amide bonds. The SMILES string of the molecule is COc1cc(NC(=O)c2ccc(C)c(Nc3ncccc3-c3ccncn3)c2)cc(C(F)(F)F)c1. The highest BCUT2D eigenvalue weighted by molar-refractivity contribution is 6.05. The van der Waals surface area contributed by atoms with Gasteiger partial charge >= 0.3 is 6.18 Å². The summed E-state index contributed by atoms with van der Waals surface area (Å²) in [6.45, 7) is 1.86. The van der Waals surface area contributed by atoms with Gasteiger partial charge in [-0.05, 0) is 55.0 Å². The number of carbonyl (C=O) groups is 1. The molecular weight excluding hydrogens is 459 g/mol. The number of benzene rings is 2. The minimum absolute atomic E-state index is 0.0196. The Kier molecular flexibility index (Phi) is 6.63.